The molecule has 0 saturated heterocycles. The summed E-state index contributed by atoms with van der Waals surface area (Å²) < 4.78 is 1.67. The molecule has 0 aliphatic carbocycles. The Bertz CT molecular complexity index is 597. The van der Waals surface area contributed by atoms with Crippen molar-refractivity contribution < 1.29 is 0 Å². The molecule has 18 heavy (non-hydrogen) atoms. The van der Waals surface area contributed by atoms with E-state index in [1.54, 1.807) is 4.68 Å². The lowest BCUT2D eigenvalue weighted by molar-refractivity contribution is 0.646. The Morgan fingerprint density at radius 3 is 2.72 bits per heavy atom. The summed E-state index contributed by atoms with van der Waals surface area (Å²) in [5.41, 5.74) is 1.25. The minimum atomic E-state index is 0.312. The summed E-state index contributed by atoms with van der Waals surface area (Å²) in [7, 11) is 3.70. The van der Waals surface area contributed by atoms with Crippen molar-refractivity contribution in [3.05, 3.63) is 40.5 Å². The highest BCUT2D eigenvalue weighted by Crippen LogP contribution is 2.20. The monoisotopic (exact) mass is 261 g/mol. The first-order chi connectivity index (χ1) is 8.63. The smallest absolute Gasteiger partial charge is 0.206 e. The molecule has 0 unspecified atom stereocenters. The molecule has 0 N–H and O–H groups in total. The fourth-order valence-electron chi connectivity index (χ4n) is 1.72. The minimum Gasteiger partial charge on any atom is -0.360 e. The van der Waals surface area contributed by atoms with E-state index in [0.29, 0.717) is 23.1 Å². The average Bonchev–Trinajstić information content (AvgIpc) is 2.75. The lowest BCUT2D eigenvalue weighted by Gasteiger charge is -2.14. The van der Waals surface area contributed by atoms with Gasteiger partial charge in [-0.05, 0) is 11.6 Å². The van der Waals surface area contributed by atoms with Crippen LogP contribution in [-0.4, -0.2) is 29.1 Å². The third-order valence-electron chi connectivity index (χ3n) is 2.52. The molecule has 0 amide bonds. The van der Waals surface area contributed by atoms with Crippen LogP contribution in [0, 0.1) is 11.3 Å². The van der Waals surface area contributed by atoms with Gasteiger partial charge in [-0.2, -0.15) is 5.26 Å². The molecule has 5 nitrogen and oxygen atoms in total. The van der Waals surface area contributed by atoms with E-state index in [9.17, 15) is 0 Å². The van der Waals surface area contributed by atoms with Crippen LogP contribution in [0.25, 0.3) is 0 Å². The summed E-state index contributed by atoms with van der Waals surface area (Å²) in [6, 6.07) is 9.57. The second kappa shape index (κ2) is 5.07. The van der Waals surface area contributed by atoms with Crippen molar-refractivity contribution in [3.8, 4) is 6.07 Å². The third kappa shape index (κ3) is 2.29. The fourth-order valence-corrected chi connectivity index (χ4v) is 1.91. The van der Waals surface area contributed by atoms with E-state index in [1.165, 1.54) is 0 Å². The molecule has 1 aromatic heterocycles. The van der Waals surface area contributed by atoms with Crippen LogP contribution in [-0.2, 0) is 6.54 Å². The van der Waals surface area contributed by atoms with Crippen LogP contribution < -0.4 is 4.90 Å². The van der Waals surface area contributed by atoms with Crippen LogP contribution in [0.1, 0.15) is 11.3 Å². The molecule has 2 aromatic rings. The number of hydrogen-bond acceptors (Lipinski definition) is 4. The molecule has 0 saturated carbocycles. The first kappa shape index (κ1) is 12.4. The molecular formula is C12H12ClN5. The highest BCUT2D eigenvalue weighted by Gasteiger charge is 2.15. The Kier molecular flexibility index (Phi) is 3.49. The van der Waals surface area contributed by atoms with Crippen LogP contribution in [0.4, 0.5) is 5.82 Å². The van der Waals surface area contributed by atoms with Crippen LogP contribution in [0.15, 0.2) is 24.3 Å². The second-order valence-corrected chi connectivity index (χ2v) is 4.42. The number of anilines is 1. The Morgan fingerprint density at radius 1 is 1.39 bits per heavy atom. The van der Waals surface area contributed by atoms with E-state index >= 15 is 0 Å². The van der Waals surface area contributed by atoms with Gasteiger partial charge in [0.15, 0.2) is 5.82 Å². The Labute approximate surface area is 110 Å². The second-order valence-electron chi connectivity index (χ2n) is 4.02. The SMILES string of the molecule is CN(C)c1c(C#N)nnn1Cc1ccccc1Cl. The summed E-state index contributed by atoms with van der Waals surface area (Å²) in [5, 5.41) is 17.5. The fraction of sp³-hybridized carbons (Fsp3) is 0.250. The molecular weight excluding hydrogens is 250 g/mol. The van der Waals surface area contributed by atoms with E-state index in [0.717, 1.165) is 5.56 Å². The van der Waals surface area contributed by atoms with Crippen molar-refractivity contribution in [2.24, 2.45) is 0 Å². The first-order valence-electron chi connectivity index (χ1n) is 5.37. The van der Waals surface area contributed by atoms with Crippen LogP contribution >= 0.6 is 11.6 Å². The Balaban J connectivity index is 2.39. The summed E-state index contributed by atoms with van der Waals surface area (Å²) in [5.74, 6) is 0.678. The van der Waals surface area contributed by atoms with Gasteiger partial charge in [-0.3, -0.25) is 0 Å². The van der Waals surface area contributed by atoms with E-state index in [-0.39, 0.29) is 0 Å². The maximum absolute atomic E-state index is 8.98. The van der Waals surface area contributed by atoms with Gasteiger partial charge in [0, 0.05) is 19.1 Å². The summed E-state index contributed by atoms with van der Waals surface area (Å²) in [6.45, 7) is 0.488. The molecule has 0 bridgehead atoms. The summed E-state index contributed by atoms with van der Waals surface area (Å²) in [6.07, 6.45) is 0. The number of benzene rings is 1. The molecule has 0 fully saturated rings. The van der Waals surface area contributed by atoms with Crippen molar-refractivity contribution >= 4 is 17.4 Å². The topological polar surface area (TPSA) is 57.7 Å². The zero-order valence-corrected chi connectivity index (χ0v) is 10.9. The molecule has 0 atom stereocenters. The van der Waals surface area contributed by atoms with E-state index in [2.05, 4.69) is 10.3 Å². The van der Waals surface area contributed by atoms with E-state index in [4.69, 9.17) is 16.9 Å². The van der Waals surface area contributed by atoms with Crippen molar-refractivity contribution in [1.29, 1.82) is 5.26 Å². The quantitative estimate of drug-likeness (QED) is 0.847. The largest absolute Gasteiger partial charge is 0.360 e. The molecule has 92 valence electrons. The maximum atomic E-state index is 8.98. The van der Waals surface area contributed by atoms with Crippen LogP contribution in [0.5, 0.6) is 0 Å². The predicted molar refractivity (Wildman–Crippen MR) is 69.6 cm³/mol. The van der Waals surface area contributed by atoms with Gasteiger partial charge in [0.05, 0.1) is 6.54 Å². The molecule has 0 radical (unpaired) electrons. The van der Waals surface area contributed by atoms with Gasteiger partial charge in [-0.15, -0.1) is 5.10 Å². The number of nitrogens with zero attached hydrogens (tertiary/aromatic N) is 5. The van der Waals surface area contributed by atoms with Crippen LogP contribution in [0.3, 0.4) is 0 Å². The number of halogens is 1. The summed E-state index contributed by atoms with van der Waals surface area (Å²) >= 11 is 6.11. The van der Waals surface area contributed by atoms with Gasteiger partial charge in [-0.25, -0.2) is 4.68 Å². The van der Waals surface area contributed by atoms with E-state index < -0.39 is 0 Å². The van der Waals surface area contributed by atoms with Gasteiger partial charge in [0.2, 0.25) is 5.69 Å². The predicted octanol–water partition coefficient (Wildman–Crippen LogP) is 1.92. The highest BCUT2D eigenvalue weighted by molar-refractivity contribution is 6.31. The first-order valence-corrected chi connectivity index (χ1v) is 5.75. The van der Waals surface area contributed by atoms with E-state index in [1.807, 2.05) is 49.3 Å². The zero-order valence-electron chi connectivity index (χ0n) is 10.1. The number of nitriles is 1. The lowest BCUT2D eigenvalue weighted by Crippen LogP contribution is -2.16. The Morgan fingerprint density at radius 2 is 2.11 bits per heavy atom. The van der Waals surface area contributed by atoms with Crippen molar-refractivity contribution in [3.63, 3.8) is 0 Å². The lowest BCUT2D eigenvalue weighted by atomic mass is 10.2. The molecule has 0 aliphatic heterocycles. The Hall–Kier alpha value is -2.06. The number of hydrogen-bond donors (Lipinski definition) is 0. The number of rotatable bonds is 3. The molecule has 1 heterocycles. The van der Waals surface area contributed by atoms with Gasteiger partial charge in [0.1, 0.15) is 6.07 Å². The van der Waals surface area contributed by atoms with Gasteiger partial charge >= 0.3 is 0 Å². The van der Waals surface area contributed by atoms with Gasteiger partial charge in [0.25, 0.3) is 0 Å². The highest BCUT2D eigenvalue weighted by atomic mass is 35.5. The van der Waals surface area contributed by atoms with Crippen molar-refractivity contribution in [2.45, 2.75) is 6.54 Å². The molecule has 6 heteroatoms. The normalized spacial score (nSPS) is 10.1. The minimum absolute atomic E-state index is 0.312. The van der Waals surface area contributed by atoms with Gasteiger partial charge < -0.3 is 4.90 Å². The number of aromatic nitrogens is 3. The third-order valence-corrected chi connectivity index (χ3v) is 2.89. The van der Waals surface area contributed by atoms with Gasteiger partial charge in [-0.1, -0.05) is 35.0 Å². The van der Waals surface area contributed by atoms with Crippen molar-refractivity contribution in [2.75, 3.05) is 19.0 Å². The maximum Gasteiger partial charge on any atom is 0.206 e. The zero-order chi connectivity index (χ0) is 13.1. The molecule has 0 aliphatic rings. The molecule has 1 aromatic carbocycles. The van der Waals surface area contributed by atoms with Crippen LogP contribution in [0.2, 0.25) is 5.02 Å². The summed E-state index contributed by atoms with van der Waals surface area (Å²) in [4.78, 5) is 1.81. The van der Waals surface area contributed by atoms with Crippen molar-refractivity contribution in [1.82, 2.24) is 15.0 Å². The molecule has 0 spiro atoms. The molecule has 2 rings (SSSR count). The average molecular weight is 262 g/mol. The standard InChI is InChI=1S/C12H12ClN5/c1-17(2)12-11(7-14)15-16-18(12)8-9-5-3-4-6-10(9)13/h3-6H,8H2,1-2H3.